The van der Waals surface area contributed by atoms with Crippen molar-refractivity contribution < 1.29 is 13.5 Å². The van der Waals surface area contributed by atoms with Crippen LogP contribution in [0.5, 0.6) is 5.75 Å². The van der Waals surface area contributed by atoms with Crippen LogP contribution in [0.4, 0.5) is 14.6 Å². The molecule has 0 unspecified atom stereocenters. The maximum atomic E-state index is 12.9. The summed E-state index contributed by atoms with van der Waals surface area (Å²) in [5.74, 6) is 4.48. The van der Waals surface area contributed by atoms with E-state index in [4.69, 9.17) is 10.6 Å². The molecule has 0 fully saturated rings. The van der Waals surface area contributed by atoms with Gasteiger partial charge in [-0.05, 0) is 6.07 Å². The van der Waals surface area contributed by atoms with Crippen LogP contribution in [0.3, 0.4) is 0 Å². The molecule has 0 saturated heterocycles. The summed E-state index contributed by atoms with van der Waals surface area (Å²) in [6.45, 7) is 0.167. The van der Waals surface area contributed by atoms with E-state index in [-0.39, 0.29) is 12.4 Å². The highest BCUT2D eigenvalue weighted by Crippen LogP contribution is 2.17. The van der Waals surface area contributed by atoms with E-state index in [0.29, 0.717) is 5.82 Å². The monoisotopic (exact) mass is 251 g/mol. The fourth-order valence-electron chi connectivity index (χ4n) is 1.37. The molecule has 18 heavy (non-hydrogen) atoms. The zero-order valence-corrected chi connectivity index (χ0v) is 9.36. The van der Waals surface area contributed by atoms with Crippen LogP contribution >= 0.6 is 0 Å². The minimum Gasteiger partial charge on any atom is -0.489 e. The van der Waals surface area contributed by atoms with Gasteiger partial charge in [0.2, 0.25) is 0 Å². The first kappa shape index (κ1) is 12.3. The summed E-state index contributed by atoms with van der Waals surface area (Å²) in [7, 11) is 0. The van der Waals surface area contributed by atoms with Gasteiger partial charge in [0.05, 0.1) is 0 Å². The molecule has 2 aromatic rings. The van der Waals surface area contributed by atoms with Crippen LogP contribution in [-0.2, 0) is 6.61 Å². The number of nitrogens with two attached hydrogens (primary N) is 1. The number of halogens is 2. The third-order valence-corrected chi connectivity index (χ3v) is 2.21. The van der Waals surface area contributed by atoms with Crippen molar-refractivity contribution in [1.82, 2.24) is 4.98 Å². The van der Waals surface area contributed by atoms with Crippen molar-refractivity contribution in [2.24, 2.45) is 5.84 Å². The Morgan fingerprint density at radius 2 is 1.89 bits per heavy atom. The van der Waals surface area contributed by atoms with Gasteiger partial charge in [0.15, 0.2) is 0 Å². The van der Waals surface area contributed by atoms with Crippen LogP contribution < -0.4 is 16.0 Å². The van der Waals surface area contributed by atoms with Gasteiger partial charge in [-0.25, -0.2) is 19.6 Å². The maximum absolute atomic E-state index is 12.9. The van der Waals surface area contributed by atoms with Gasteiger partial charge in [-0.1, -0.05) is 6.07 Å². The van der Waals surface area contributed by atoms with Crippen molar-refractivity contribution in [3.8, 4) is 5.75 Å². The molecule has 0 aliphatic carbocycles. The SMILES string of the molecule is NNc1ccc(COc2cc(F)cc(F)c2)cn1. The van der Waals surface area contributed by atoms with Gasteiger partial charge in [-0.15, -0.1) is 0 Å². The van der Waals surface area contributed by atoms with E-state index in [1.54, 1.807) is 18.3 Å². The molecule has 0 atom stereocenters. The van der Waals surface area contributed by atoms with Crippen molar-refractivity contribution in [2.75, 3.05) is 5.43 Å². The van der Waals surface area contributed by atoms with Crippen molar-refractivity contribution in [3.05, 3.63) is 53.7 Å². The third-order valence-electron chi connectivity index (χ3n) is 2.21. The number of nitrogen functional groups attached to an aromatic ring is 1. The molecule has 0 amide bonds. The van der Waals surface area contributed by atoms with E-state index in [9.17, 15) is 8.78 Å². The number of ether oxygens (including phenoxy) is 1. The van der Waals surface area contributed by atoms with Crippen molar-refractivity contribution in [1.29, 1.82) is 0 Å². The largest absolute Gasteiger partial charge is 0.489 e. The summed E-state index contributed by atoms with van der Waals surface area (Å²) >= 11 is 0. The molecule has 0 saturated carbocycles. The average molecular weight is 251 g/mol. The van der Waals surface area contributed by atoms with Crippen LogP contribution in [0.1, 0.15) is 5.56 Å². The number of rotatable bonds is 4. The number of nitrogens with one attached hydrogen (secondary N) is 1. The Bertz CT molecular complexity index is 511. The highest BCUT2D eigenvalue weighted by Gasteiger charge is 2.02. The number of nitrogens with zero attached hydrogens (tertiary/aromatic N) is 1. The van der Waals surface area contributed by atoms with Gasteiger partial charge in [-0.2, -0.15) is 0 Å². The third kappa shape index (κ3) is 3.14. The lowest BCUT2D eigenvalue weighted by molar-refractivity contribution is 0.302. The summed E-state index contributed by atoms with van der Waals surface area (Å²) in [5.41, 5.74) is 3.15. The van der Waals surface area contributed by atoms with Crippen LogP contribution in [0, 0.1) is 11.6 Å². The molecule has 1 aromatic heterocycles. The first-order valence-corrected chi connectivity index (χ1v) is 5.18. The number of benzene rings is 1. The second-order valence-electron chi connectivity index (χ2n) is 3.59. The zero-order valence-electron chi connectivity index (χ0n) is 9.36. The Balaban J connectivity index is 2.01. The lowest BCUT2D eigenvalue weighted by Crippen LogP contribution is -2.08. The van der Waals surface area contributed by atoms with Crippen LogP contribution in [0.2, 0.25) is 0 Å². The topological polar surface area (TPSA) is 60.2 Å². The lowest BCUT2D eigenvalue weighted by Gasteiger charge is -2.07. The van der Waals surface area contributed by atoms with Crippen molar-refractivity contribution in [2.45, 2.75) is 6.61 Å². The summed E-state index contributed by atoms with van der Waals surface area (Å²) in [6, 6.07) is 6.44. The first-order valence-electron chi connectivity index (χ1n) is 5.18. The molecule has 3 N–H and O–H groups in total. The molecule has 0 aliphatic heterocycles. The van der Waals surface area contributed by atoms with Gasteiger partial charge in [0.1, 0.15) is 29.8 Å². The molecule has 94 valence electrons. The molecular formula is C12H11F2N3O. The Hall–Kier alpha value is -2.21. The highest BCUT2D eigenvalue weighted by atomic mass is 19.1. The Morgan fingerprint density at radius 1 is 1.17 bits per heavy atom. The van der Waals surface area contributed by atoms with E-state index in [1.165, 1.54) is 0 Å². The summed E-state index contributed by atoms with van der Waals surface area (Å²) in [6.07, 6.45) is 1.56. The average Bonchev–Trinajstić information content (AvgIpc) is 2.36. The van der Waals surface area contributed by atoms with Gasteiger partial charge in [0, 0.05) is 30.0 Å². The Morgan fingerprint density at radius 3 is 2.44 bits per heavy atom. The first-order chi connectivity index (χ1) is 8.67. The number of pyridine rings is 1. The molecule has 0 radical (unpaired) electrons. The second kappa shape index (κ2) is 5.42. The molecule has 2 rings (SSSR count). The number of hydrazine groups is 1. The normalized spacial score (nSPS) is 10.2. The number of aromatic nitrogens is 1. The van der Waals surface area contributed by atoms with E-state index in [2.05, 4.69) is 10.4 Å². The minimum absolute atomic E-state index is 0.133. The standard InChI is InChI=1S/C12H11F2N3O/c13-9-3-10(14)5-11(4-9)18-7-8-1-2-12(17-15)16-6-8/h1-6H,7,15H2,(H,16,17). The van der Waals surface area contributed by atoms with E-state index < -0.39 is 11.6 Å². The molecule has 0 aliphatic rings. The predicted octanol–water partition coefficient (Wildman–Crippen LogP) is 2.22. The molecule has 0 bridgehead atoms. The summed E-state index contributed by atoms with van der Waals surface area (Å²) in [4.78, 5) is 3.98. The quantitative estimate of drug-likeness (QED) is 0.646. The second-order valence-corrected chi connectivity index (χ2v) is 3.59. The number of anilines is 1. The molecule has 0 spiro atoms. The fourth-order valence-corrected chi connectivity index (χ4v) is 1.37. The smallest absolute Gasteiger partial charge is 0.139 e. The minimum atomic E-state index is -0.675. The van der Waals surface area contributed by atoms with Gasteiger partial charge in [-0.3, -0.25) is 0 Å². The lowest BCUT2D eigenvalue weighted by atomic mass is 10.3. The maximum Gasteiger partial charge on any atom is 0.139 e. The molecule has 1 aromatic carbocycles. The van der Waals surface area contributed by atoms with Crippen molar-refractivity contribution in [3.63, 3.8) is 0 Å². The Kier molecular flexibility index (Phi) is 3.69. The van der Waals surface area contributed by atoms with E-state index >= 15 is 0 Å². The van der Waals surface area contributed by atoms with Crippen LogP contribution in [0.25, 0.3) is 0 Å². The van der Waals surface area contributed by atoms with Crippen LogP contribution in [0.15, 0.2) is 36.5 Å². The van der Waals surface area contributed by atoms with Gasteiger partial charge < -0.3 is 10.2 Å². The van der Waals surface area contributed by atoms with Crippen LogP contribution in [-0.4, -0.2) is 4.98 Å². The number of hydrogen-bond acceptors (Lipinski definition) is 4. The molecule has 4 nitrogen and oxygen atoms in total. The van der Waals surface area contributed by atoms with E-state index in [0.717, 1.165) is 23.8 Å². The molecule has 6 heteroatoms. The molecule has 1 heterocycles. The van der Waals surface area contributed by atoms with Gasteiger partial charge in [0.25, 0.3) is 0 Å². The summed E-state index contributed by atoms with van der Waals surface area (Å²) < 4.78 is 31.1. The van der Waals surface area contributed by atoms with E-state index in [1.807, 2.05) is 0 Å². The molecular weight excluding hydrogens is 240 g/mol. The fraction of sp³-hybridized carbons (Fsp3) is 0.0833. The predicted molar refractivity (Wildman–Crippen MR) is 62.7 cm³/mol. The number of hydrogen-bond donors (Lipinski definition) is 2. The summed E-state index contributed by atoms with van der Waals surface area (Å²) in [5, 5.41) is 0. The van der Waals surface area contributed by atoms with Crippen molar-refractivity contribution >= 4 is 5.82 Å². The highest BCUT2D eigenvalue weighted by molar-refractivity contribution is 5.33. The van der Waals surface area contributed by atoms with Gasteiger partial charge >= 0.3 is 0 Å². The zero-order chi connectivity index (χ0) is 13.0. The Labute approximate surface area is 102 Å².